The number of nitrogens with zero attached hydrogens (tertiary/aromatic N) is 4. The maximum atomic E-state index is 5.21. The summed E-state index contributed by atoms with van der Waals surface area (Å²) in [6, 6.07) is 85.9. The van der Waals surface area contributed by atoms with Gasteiger partial charge in [0.1, 0.15) is 0 Å². The van der Waals surface area contributed by atoms with E-state index in [0.717, 1.165) is 67.2 Å². The van der Waals surface area contributed by atoms with E-state index in [1.54, 1.807) is 0 Å². The number of hydrogen-bond donors (Lipinski definition) is 0. The molecule has 4 nitrogen and oxygen atoms in total. The van der Waals surface area contributed by atoms with Crippen molar-refractivity contribution in [3.8, 4) is 61.8 Å². The number of aromatic nitrogens is 3. The van der Waals surface area contributed by atoms with Crippen LogP contribution in [0.25, 0.3) is 83.4 Å². The molecule has 1 aromatic heterocycles. The van der Waals surface area contributed by atoms with Crippen molar-refractivity contribution in [3.05, 3.63) is 243 Å². The van der Waals surface area contributed by atoms with Crippen LogP contribution in [0, 0.1) is 0 Å². The van der Waals surface area contributed by atoms with Crippen LogP contribution in [0.2, 0.25) is 0 Å². The lowest BCUT2D eigenvalue weighted by Gasteiger charge is -2.25. The molecule has 0 radical (unpaired) electrons. The molecule has 0 N–H and O–H groups in total. The predicted octanol–water partition coefficient (Wildman–Crippen LogP) is 15.4. The molecule has 0 aliphatic heterocycles. The Labute approximate surface area is 361 Å². The lowest BCUT2D eigenvalue weighted by Crippen LogP contribution is -2.09. The van der Waals surface area contributed by atoms with E-state index in [9.17, 15) is 0 Å². The van der Waals surface area contributed by atoms with Gasteiger partial charge in [0.05, 0.1) is 5.69 Å². The average molecular weight is 793 g/mol. The van der Waals surface area contributed by atoms with E-state index in [0.29, 0.717) is 5.82 Å². The predicted molar refractivity (Wildman–Crippen MR) is 258 cm³/mol. The zero-order valence-corrected chi connectivity index (χ0v) is 33.9. The second kappa shape index (κ2) is 16.0. The fourth-order valence-electron chi connectivity index (χ4n) is 8.57. The summed E-state index contributed by atoms with van der Waals surface area (Å²) in [5.74, 6) is 1.48. The SMILES string of the molecule is c1ccc(N(c2ccccc2)c2ccc(-c3ccccc3-c3ccccc3-c3ccc(-n4nc(-c5ccc6ccccc6c5)nc4-c4ccc5ccccc5c4)cc3)cc2)cc1. The summed E-state index contributed by atoms with van der Waals surface area (Å²) in [6.45, 7) is 0. The van der Waals surface area contributed by atoms with Gasteiger partial charge in [-0.1, -0.05) is 182 Å². The van der Waals surface area contributed by atoms with Crippen molar-refractivity contribution < 1.29 is 0 Å². The number of para-hydroxylation sites is 2. The maximum Gasteiger partial charge on any atom is 0.182 e. The summed E-state index contributed by atoms with van der Waals surface area (Å²) in [5.41, 5.74) is 13.2. The molecule has 0 saturated heterocycles. The molecule has 62 heavy (non-hydrogen) atoms. The van der Waals surface area contributed by atoms with Crippen LogP contribution >= 0.6 is 0 Å². The Hall–Kier alpha value is -8.34. The summed E-state index contributed by atoms with van der Waals surface area (Å²) in [6.07, 6.45) is 0. The third-order valence-electron chi connectivity index (χ3n) is 11.7. The standard InChI is InChI=1S/C58H40N4/c1-3-19-49(20-4-1)61(50-21-5-2-6-22-50)51-35-31-43(32-36-51)53-23-11-13-25-55(53)56-26-14-12-24-54(56)44-33-37-52(38-34-44)62-58(48-30-28-42-16-8-10-18-46(42)40-48)59-57(60-62)47-29-27-41-15-7-9-17-45(41)39-47/h1-40H. The molecule has 0 spiro atoms. The molecule has 0 aliphatic carbocycles. The van der Waals surface area contributed by atoms with E-state index in [1.165, 1.54) is 27.5 Å². The van der Waals surface area contributed by atoms with Gasteiger partial charge >= 0.3 is 0 Å². The van der Waals surface area contributed by atoms with Crippen LogP contribution in [-0.2, 0) is 0 Å². The van der Waals surface area contributed by atoms with E-state index >= 15 is 0 Å². The molecule has 0 fully saturated rings. The van der Waals surface area contributed by atoms with Gasteiger partial charge in [0, 0.05) is 28.2 Å². The minimum atomic E-state index is 0.686. The molecule has 0 amide bonds. The van der Waals surface area contributed by atoms with Gasteiger partial charge in [-0.25, -0.2) is 9.67 Å². The zero-order valence-electron chi connectivity index (χ0n) is 33.9. The first-order valence-corrected chi connectivity index (χ1v) is 21.0. The van der Waals surface area contributed by atoms with Gasteiger partial charge in [0.25, 0.3) is 0 Å². The van der Waals surface area contributed by atoms with Crippen molar-refractivity contribution in [3.63, 3.8) is 0 Å². The average Bonchev–Trinajstić information content (AvgIpc) is 3.81. The van der Waals surface area contributed by atoms with Crippen molar-refractivity contribution in [2.45, 2.75) is 0 Å². The van der Waals surface area contributed by atoms with Crippen molar-refractivity contribution in [2.24, 2.45) is 0 Å². The second-order valence-electron chi connectivity index (χ2n) is 15.5. The Morgan fingerprint density at radius 2 is 0.710 bits per heavy atom. The van der Waals surface area contributed by atoms with Crippen molar-refractivity contribution >= 4 is 38.6 Å². The number of rotatable bonds is 9. The maximum absolute atomic E-state index is 5.21. The Morgan fingerprint density at radius 3 is 1.26 bits per heavy atom. The fraction of sp³-hybridized carbons (Fsp3) is 0. The molecule has 0 bridgehead atoms. The molecule has 4 heteroatoms. The first-order valence-electron chi connectivity index (χ1n) is 21.0. The van der Waals surface area contributed by atoms with Crippen LogP contribution in [0.4, 0.5) is 17.1 Å². The highest BCUT2D eigenvalue weighted by Crippen LogP contribution is 2.41. The van der Waals surface area contributed by atoms with E-state index in [1.807, 2.05) is 4.68 Å². The quantitative estimate of drug-likeness (QED) is 0.146. The Bertz CT molecular complexity index is 3300. The number of benzene rings is 10. The van der Waals surface area contributed by atoms with Crippen LogP contribution in [-0.4, -0.2) is 14.8 Å². The van der Waals surface area contributed by atoms with Crippen molar-refractivity contribution in [1.82, 2.24) is 14.8 Å². The molecule has 0 atom stereocenters. The van der Waals surface area contributed by atoms with Crippen LogP contribution in [0.5, 0.6) is 0 Å². The van der Waals surface area contributed by atoms with Gasteiger partial charge in [0.2, 0.25) is 0 Å². The van der Waals surface area contributed by atoms with Crippen molar-refractivity contribution in [1.29, 1.82) is 0 Å². The summed E-state index contributed by atoms with van der Waals surface area (Å²) >= 11 is 0. The van der Waals surface area contributed by atoms with Gasteiger partial charge in [-0.05, 0) is 116 Å². The summed E-state index contributed by atoms with van der Waals surface area (Å²) in [7, 11) is 0. The smallest absolute Gasteiger partial charge is 0.182 e. The van der Waals surface area contributed by atoms with E-state index < -0.39 is 0 Å². The van der Waals surface area contributed by atoms with Crippen LogP contribution < -0.4 is 4.90 Å². The topological polar surface area (TPSA) is 34.0 Å². The first-order chi connectivity index (χ1) is 30.7. The fourth-order valence-corrected chi connectivity index (χ4v) is 8.57. The molecule has 0 saturated carbocycles. The highest BCUT2D eigenvalue weighted by molar-refractivity contribution is 5.93. The molecule has 10 aromatic carbocycles. The van der Waals surface area contributed by atoms with Crippen LogP contribution in [0.3, 0.4) is 0 Å². The summed E-state index contributed by atoms with van der Waals surface area (Å²) in [5, 5.41) is 9.89. The van der Waals surface area contributed by atoms with E-state index in [4.69, 9.17) is 10.1 Å². The van der Waals surface area contributed by atoms with Gasteiger partial charge in [-0.2, -0.15) is 0 Å². The highest BCUT2D eigenvalue weighted by Gasteiger charge is 2.18. The molecular formula is C58H40N4. The van der Waals surface area contributed by atoms with E-state index in [-0.39, 0.29) is 0 Å². The minimum absolute atomic E-state index is 0.686. The van der Waals surface area contributed by atoms with Crippen molar-refractivity contribution in [2.75, 3.05) is 4.90 Å². The number of anilines is 3. The van der Waals surface area contributed by atoms with Crippen LogP contribution in [0.15, 0.2) is 243 Å². The second-order valence-corrected chi connectivity index (χ2v) is 15.5. The summed E-state index contributed by atoms with van der Waals surface area (Å²) in [4.78, 5) is 7.50. The third kappa shape index (κ3) is 7.00. The number of fused-ring (bicyclic) bond motifs is 2. The molecule has 0 aliphatic rings. The first kappa shape index (κ1) is 36.7. The monoisotopic (exact) mass is 792 g/mol. The normalized spacial score (nSPS) is 11.2. The Balaban J connectivity index is 0.955. The Morgan fingerprint density at radius 1 is 0.306 bits per heavy atom. The molecule has 0 unspecified atom stereocenters. The Kier molecular flexibility index (Phi) is 9.49. The molecule has 292 valence electrons. The zero-order chi connectivity index (χ0) is 41.2. The largest absolute Gasteiger partial charge is 0.311 e. The number of hydrogen-bond acceptors (Lipinski definition) is 3. The van der Waals surface area contributed by atoms with Crippen LogP contribution in [0.1, 0.15) is 0 Å². The lowest BCUT2D eigenvalue weighted by atomic mass is 9.89. The van der Waals surface area contributed by atoms with Gasteiger partial charge in [-0.15, -0.1) is 5.10 Å². The van der Waals surface area contributed by atoms with Gasteiger partial charge < -0.3 is 4.90 Å². The highest BCUT2D eigenvalue weighted by atomic mass is 15.4. The molecule has 1 heterocycles. The third-order valence-corrected chi connectivity index (χ3v) is 11.7. The molecule has 11 aromatic rings. The molecular weight excluding hydrogens is 753 g/mol. The minimum Gasteiger partial charge on any atom is -0.311 e. The van der Waals surface area contributed by atoms with Gasteiger partial charge in [-0.3, -0.25) is 0 Å². The van der Waals surface area contributed by atoms with Gasteiger partial charge in [0.15, 0.2) is 11.6 Å². The molecule has 11 rings (SSSR count). The summed E-state index contributed by atoms with van der Waals surface area (Å²) < 4.78 is 1.99. The lowest BCUT2D eigenvalue weighted by molar-refractivity contribution is 0.891. The van der Waals surface area contributed by atoms with E-state index in [2.05, 4.69) is 248 Å².